The molecule has 0 radical (unpaired) electrons. The molecule has 0 bridgehead atoms. The van der Waals surface area contributed by atoms with Crippen molar-refractivity contribution in [3.05, 3.63) is 31.9 Å². The van der Waals surface area contributed by atoms with Gasteiger partial charge in [0.2, 0.25) is 0 Å². The molecule has 198 valence electrons. The fourth-order valence-electron chi connectivity index (χ4n) is 4.57. The quantitative estimate of drug-likeness (QED) is 0.280. The number of aromatic nitrogens is 1. The van der Waals surface area contributed by atoms with Crippen molar-refractivity contribution in [3.8, 4) is 6.07 Å². The van der Waals surface area contributed by atoms with Gasteiger partial charge in [-0.05, 0) is 44.7 Å². The third-order valence-corrected chi connectivity index (χ3v) is 7.71. The number of carbonyl (C=O) groups is 3. The van der Waals surface area contributed by atoms with Gasteiger partial charge in [0.05, 0.1) is 23.9 Å². The smallest absolute Gasteiger partial charge is 0.310 e. The summed E-state index contributed by atoms with van der Waals surface area (Å²) >= 11 is 6.38. The second-order valence-electron chi connectivity index (χ2n) is 8.82. The zero-order chi connectivity index (χ0) is 27.3. The molecule has 2 aliphatic rings. The maximum absolute atomic E-state index is 13.3. The molecule has 0 spiro atoms. The van der Waals surface area contributed by atoms with Crippen LogP contribution in [0.5, 0.6) is 0 Å². The van der Waals surface area contributed by atoms with E-state index < -0.39 is 17.4 Å². The van der Waals surface area contributed by atoms with Crippen LogP contribution in [-0.2, 0) is 25.7 Å². The number of thiocarbonyl (C=S) groups is 1. The summed E-state index contributed by atoms with van der Waals surface area (Å²) in [6.45, 7) is 6.86. The molecule has 1 aromatic heterocycles. The molecule has 1 atom stereocenters. The van der Waals surface area contributed by atoms with Crippen molar-refractivity contribution in [1.29, 1.82) is 5.26 Å². The van der Waals surface area contributed by atoms with E-state index in [1.807, 2.05) is 17.9 Å². The number of carboxylic acid groups (broad SMARTS) is 1. The average molecular weight is 547 g/mol. The average Bonchev–Trinajstić information content (AvgIpc) is 3.13. The molecule has 1 N–H and O–H groups in total. The lowest BCUT2D eigenvalue weighted by molar-refractivity contribution is -0.148. The molecular formula is C25H30N4O6S2. The van der Waals surface area contributed by atoms with E-state index in [9.17, 15) is 24.4 Å². The zero-order valence-corrected chi connectivity index (χ0v) is 22.7. The van der Waals surface area contributed by atoms with Crippen LogP contribution in [0.2, 0.25) is 0 Å². The van der Waals surface area contributed by atoms with Crippen LogP contribution in [0.15, 0.2) is 9.70 Å². The zero-order valence-electron chi connectivity index (χ0n) is 21.1. The van der Waals surface area contributed by atoms with E-state index >= 15 is 0 Å². The number of hydrogen-bond donors (Lipinski definition) is 1. The Morgan fingerprint density at radius 2 is 2.03 bits per heavy atom. The third-order valence-electron chi connectivity index (χ3n) is 6.33. The number of piperidine rings is 1. The maximum atomic E-state index is 13.3. The van der Waals surface area contributed by atoms with Crippen molar-refractivity contribution in [2.75, 3.05) is 31.1 Å². The number of amides is 1. The molecule has 1 unspecified atom stereocenters. The van der Waals surface area contributed by atoms with Crippen molar-refractivity contribution in [1.82, 2.24) is 9.47 Å². The highest BCUT2D eigenvalue weighted by molar-refractivity contribution is 8.26. The maximum Gasteiger partial charge on any atom is 0.310 e. The van der Waals surface area contributed by atoms with Crippen LogP contribution in [-0.4, -0.2) is 63.0 Å². The second-order valence-corrected chi connectivity index (χ2v) is 10.5. The lowest BCUT2D eigenvalue weighted by Gasteiger charge is -2.36. The topological polar surface area (TPSA) is 133 Å². The van der Waals surface area contributed by atoms with E-state index in [2.05, 4.69) is 0 Å². The Morgan fingerprint density at radius 3 is 2.65 bits per heavy atom. The normalized spacial score (nSPS) is 18.9. The van der Waals surface area contributed by atoms with Gasteiger partial charge in [-0.3, -0.25) is 28.6 Å². The summed E-state index contributed by atoms with van der Waals surface area (Å²) in [5, 5.41) is 18.8. The number of aliphatic carboxylic acids is 1. The van der Waals surface area contributed by atoms with E-state index in [-0.39, 0.29) is 46.2 Å². The van der Waals surface area contributed by atoms with Gasteiger partial charge in [-0.15, -0.1) is 0 Å². The Labute approximate surface area is 224 Å². The van der Waals surface area contributed by atoms with Crippen molar-refractivity contribution in [3.63, 3.8) is 0 Å². The molecule has 2 aliphatic heterocycles. The lowest BCUT2D eigenvalue weighted by Crippen LogP contribution is -2.43. The highest BCUT2D eigenvalue weighted by atomic mass is 32.2. The SMILES string of the molecule is CCCn1c(N2CCCC(C(=O)OCC)C2)c(/C=C2/SC(=S)N(CCC(=O)O)C2=O)c(C)c(C#N)c1=O. The highest BCUT2D eigenvalue weighted by Crippen LogP contribution is 2.37. The largest absolute Gasteiger partial charge is 0.481 e. The molecule has 2 fully saturated rings. The molecule has 3 rings (SSSR count). The molecule has 37 heavy (non-hydrogen) atoms. The molecule has 12 heteroatoms. The number of pyridine rings is 1. The number of nitrogens with zero attached hydrogens (tertiary/aromatic N) is 4. The van der Waals surface area contributed by atoms with Crippen LogP contribution < -0.4 is 10.5 Å². The number of hydrogen-bond acceptors (Lipinski definition) is 9. The summed E-state index contributed by atoms with van der Waals surface area (Å²) in [6, 6.07) is 2.01. The number of carbonyl (C=O) groups excluding carboxylic acids is 2. The van der Waals surface area contributed by atoms with Crippen LogP contribution in [0.25, 0.3) is 6.08 Å². The minimum absolute atomic E-state index is 0.0104. The van der Waals surface area contributed by atoms with E-state index in [0.29, 0.717) is 55.8 Å². The van der Waals surface area contributed by atoms with Crippen molar-refractivity contribution >= 4 is 58.0 Å². The molecule has 0 saturated carbocycles. The number of nitriles is 1. The summed E-state index contributed by atoms with van der Waals surface area (Å²) in [4.78, 5) is 53.5. The monoisotopic (exact) mass is 546 g/mol. The number of anilines is 1. The number of carboxylic acids is 1. The van der Waals surface area contributed by atoms with E-state index in [1.165, 1.54) is 4.90 Å². The van der Waals surface area contributed by atoms with E-state index in [1.54, 1.807) is 24.5 Å². The van der Waals surface area contributed by atoms with Crippen LogP contribution in [0.4, 0.5) is 5.82 Å². The lowest BCUT2D eigenvalue weighted by atomic mass is 9.96. The Balaban J connectivity index is 2.16. The Hall–Kier alpha value is -3.17. The molecule has 0 aliphatic carbocycles. The summed E-state index contributed by atoms with van der Waals surface area (Å²) in [5.74, 6) is -1.56. The molecule has 10 nitrogen and oxygen atoms in total. The van der Waals surface area contributed by atoms with Gasteiger partial charge in [0, 0.05) is 31.7 Å². The number of thioether (sulfide) groups is 1. The van der Waals surface area contributed by atoms with Crippen molar-refractivity contribution in [2.45, 2.75) is 53.0 Å². The predicted octanol–water partition coefficient (Wildman–Crippen LogP) is 2.89. The fraction of sp³-hybridized carbons (Fsp3) is 0.520. The van der Waals surface area contributed by atoms with Crippen LogP contribution in [0.3, 0.4) is 0 Å². The van der Waals surface area contributed by atoms with Crippen LogP contribution >= 0.6 is 24.0 Å². The Morgan fingerprint density at radius 1 is 1.30 bits per heavy atom. The Bertz CT molecular complexity index is 1250. The number of ether oxygens (including phenoxy) is 1. The second kappa shape index (κ2) is 12.4. The first kappa shape index (κ1) is 28.4. The van der Waals surface area contributed by atoms with E-state index in [0.717, 1.165) is 11.8 Å². The van der Waals surface area contributed by atoms with Crippen LogP contribution in [0.1, 0.15) is 56.2 Å². The number of esters is 1. The molecule has 1 amide bonds. The minimum Gasteiger partial charge on any atom is -0.481 e. The third kappa shape index (κ3) is 6.05. The number of rotatable bonds is 9. The minimum atomic E-state index is -1.04. The molecule has 0 aromatic carbocycles. The van der Waals surface area contributed by atoms with Gasteiger partial charge in [0.1, 0.15) is 21.8 Å². The van der Waals surface area contributed by atoms with Gasteiger partial charge in [-0.2, -0.15) is 5.26 Å². The predicted molar refractivity (Wildman–Crippen MR) is 144 cm³/mol. The molecule has 1 aromatic rings. The van der Waals surface area contributed by atoms with Gasteiger partial charge in [-0.1, -0.05) is 30.9 Å². The first-order valence-corrected chi connectivity index (χ1v) is 13.4. The molecule has 2 saturated heterocycles. The molecule has 3 heterocycles. The van der Waals surface area contributed by atoms with Gasteiger partial charge >= 0.3 is 11.9 Å². The first-order chi connectivity index (χ1) is 17.6. The summed E-state index contributed by atoms with van der Waals surface area (Å²) in [6.07, 6.45) is 3.39. The standard InChI is InChI=1S/C25H30N4O6S2/c1-4-9-28-21(27-10-6-7-16(14-27)24(34)35-5-2)17(15(3)18(13-26)22(28)32)12-19-23(33)29(25(36)37-19)11-8-20(30)31/h12,16H,4-11,14H2,1-3H3,(H,30,31)/b19-12+. The fourth-order valence-corrected chi connectivity index (χ4v) is 5.86. The Kier molecular flexibility index (Phi) is 9.50. The summed E-state index contributed by atoms with van der Waals surface area (Å²) < 4.78 is 7.04. The van der Waals surface area contributed by atoms with Gasteiger partial charge < -0.3 is 14.7 Å². The van der Waals surface area contributed by atoms with Gasteiger partial charge in [-0.25, -0.2) is 0 Å². The first-order valence-electron chi connectivity index (χ1n) is 12.2. The van der Waals surface area contributed by atoms with Crippen LogP contribution in [0, 0.1) is 24.2 Å². The van der Waals surface area contributed by atoms with Gasteiger partial charge in [0.15, 0.2) is 0 Å². The summed E-state index contributed by atoms with van der Waals surface area (Å²) in [7, 11) is 0. The highest BCUT2D eigenvalue weighted by Gasteiger charge is 2.35. The van der Waals surface area contributed by atoms with Gasteiger partial charge in [0.25, 0.3) is 11.5 Å². The van der Waals surface area contributed by atoms with E-state index in [4.69, 9.17) is 22.1 Å². The van der Waals surface area contributed by atoms with Crippen molar-refractivity contribution < 1.29 is 24.2 Å². The summed E-state index contributed by atoms with van der Waals surface area (Å²) in [5.41, 5.74) is 0.543. The van der Waals surface area contributed by atoms with Crippen molar-refractivity contribution in [2.24, 2.45) is 5.92 Å². The molecular weight excluding hydrogens is 516 g/mol.